The first kappa shape index (κ1) is 12.0. The minimum absolute atomic E-state index is 0.174. The first-order valence-corrected chi connectivity index (χ1v) is 5.57. The lowest BCUT2D eigenvalue weighted by Crippen LogP contribution is -2.32. The lowest BCUT2D eigenvalue weighted by molar-refractivity contribution is 0.0953. The predicted octanol–water partition coefficient (Wildman–Crippen LogP) is 1.38. The van der Waals surface area contributed by atoms with E-state index < -0.39 is 0 Å². The van der Waals surface area contributed by atoms with E-state index in [1.807, 2.05) is 13.8 Å². The highest BCUT2D eigenvalue weighted by atomic mass is 79.9. The van der Waals surface area contributed by atoms with Crippen LogP contribution < -0.4 is 10.9 Å². The van der Waals surface area contributed by atoms with Gasteiger partial charge in [0.1, 0.15) is 5.56 Å². The largest absolute Gasteiger partial charge is 0.352 e. The Morgan fingerprint density at radius 1 is 1.53 bits per heavy atom. The summed E-state index contributed by atoms with van der Waals surface area (Å²) in [7, 11) is 0. The highest BCUT2D eigenvalue weighted by molar-refractivity contribution is 9.10. The molecule has 1 aromatic rings. The summed E-state index contributed by atoms with van der Waals surface area (Å²) >= 11 is 3.27. The van der Waals surface area contributed by atoms with E-state index in [0.717, 1.165) is 4.47 Å². The third-order valence-electron chi connectivity index (χ3n) is 1.98. The van der Waals surface area contributed by atoms with Crippen LogP contribution in [0.1, 0.15) is 24.2 Å². The van der Waals surface area contributed by atoms with E-state index in [2.05, 4.69) is 21.2 Å². The first-order valence-electron chi connectivity index (χ1n) is 4.78. The molecule has 0 spiro atoms. The molecule has 0 aliphatic carbocycles. The van der Waals surface area contributed by atoms with Crippen LogP contribution in [0.4, 0.5) is 0 Å². The number of hydrogen-bond donors (Lipinski definition) is 1. The molecule has 15 heavy (non-hydrogen) atoms. The van der Waals surface area contributed by atoms with E-state index >= 15 is 0 Å². The molecular formula is C10H13BrN2O2. The molecular weight excluding hydrogens is 260 g/mol. The third-order valence-corrected chi connectivity index (χ3v) is 2.41. The summed E-state index contributed by atoms with van der Waals surface area (Å²) in [5.74, 6) is -0.328. The number of nitrogens with one attached hydrogen (secondary N) is 1. The highest BCUT2D eigenvalue weighted by Crippen LogP contribution is 2.08. The second-order valence-corrected chi connectivity index (χ2v) is 3.94. The number of carbonyl (C=O) groups is 1. The Morgan fingerprint density at radius 2 is 2.20 bits per heavy atom. The van der Waals surface area contributed by atoms with Crippen LogP contribution in [0.3, 0.4) is 0 Å². The van der Waals surface area contributed by atoms with Crippen molar-refractivity contribution in [1.29, 1.82) is 0 Å². The van der Waals surface area contributed by atoms with Gasteiger partial charge in [0.2, 0.25) is 0 Å². The molecule has 4 nitrogen and oxygen atoms in total. The Hall–Kier alpha value is -1.10. The number of halogens is 1. The van der Waals surface area contributed by atoms with E-state index in [-0.39, 0.29) is 17.0 Å². The van der Waals surface area contributed by atoms with Gasteiger partial charge in [-0.25, -0.2) is 0 Å². The van der Waals surface area contributed by atoms with E-state index in [1.54, 1.807) is 12.3 Å². The monoisotopic (exact) mass is 272 g/mol. The number of rotatable bonds is 3. The lowest BCUT2D eigenvalue weighted by atomic mass is 10.2. The molecule has 1 amide bonds. The molecule has 0 aromatic carbocycles. The number of hydrogen-bond acceptors (Lipinski definition) is 2. The molecule has 1 rings (SSSR count). The maximum Gasteiger partial charge on any atom is 0.263 e. The molecule has 0 aliphatic heterocycles. The molecule has 0 bridgehead atoms. The van der Waals surface area contributed by atoms with Crippen LogP contribution in [0, 0.1) is 0 Å². The van der Waals surface area contributed by atoms with Gasteiger partial charge in [0, 0.05) is 23.8 Å². The van der Waals surface area contributed by atoms with Gasteiger partial charge in [-0.05, 0) is 35.8 Å². The SMILES string of the molecule is CCNC(=O)c1cc(Br)cn(CC)c1=O. The summed E-state index contributed by atoms with van der Waals surface area (Å²) in [6.07, 6.45) is 1.67. The molecule has 0 unspecified atom stereocenters. The molecule has 0 saturated carbocycles. The second-order valence-electron chi connectivity index (χ2n) is 3.02. The fraction of sp³-hybridized carbons (Fsp3) is 0.400. The third kappa shape index (κ3) is 2.68. The Bertz CT molecular complexity index is 426. The predicted molar refractivity (Wildman–Crippen MR) is 62.1 cm³/mol. The van der Waals surface area contributed by atoms with Crippen molar-refractivity contribution in [2.75, 3.05) is 6.54 Å². The maximum absolute atomic E-state index is 11.7. The Labute approximate surface area is 96.4 Å². The Balaban J connectivity index is 3.23. The van der Waals surface area contributed by atoms with Crippen molar-refractivity contribution in [3.05, 3.63) is 32.7 Å². The van der Waals surface area contributed by atoms with Gasteiger partial charge in [-0.3, -0.25) is 9.59 Å². The van der Waals surface area contributed by atoms with Crippen LogP contribution in [-0.4, -0.2) is 17.0 Å². The zero-order valence-electron chi connectivity index (χ0n) is 8.71. The van der Waals surface area contributed by atoms with Gasteiger partial charge in [-0.2, -0.15) is 0 Å². The Kier molecular flexibility index (Phi) is 4.08. The zero-order valence-corrected chi connectivity index (χ0v) is 10.3. The molecule has 0 saturated heterocycles. The van der Waals surface area contributed by atoms with Crippen molar-refractivity contribution < 1.29 is 4.79 Å². The minimum Gasteiger partial charge on any atom is -0.352 e. The first-order chi connectivity index (χ1) is 7.10. The number of pyridine rings is 1. The molecule has 82 valence electrons. The average molecular weight is 273 g/mol. The molecule has 0 atom stereocenters. The van der Waals surface area contributed by atoms with E-state index in [9.17, 15) is 9.59 Å². The maximum atomic E-state index is 11.7. The number of amides is 1. The number of aromatic nitrogens is 1. The van der Waals surface area contributed by atoms with Crippen molar-refractivity contribution in [1.82, 2.24) is 9.88 Å². The molecule has 1 N–H and O–H groups in total. The minimum atomic E-state index is -0.328. The second kappa shape index (κ2) is 5.11. The summed E-state index contributed by atoms with van der Waals surface area (Å²) in [6, 6.07) is 1.54. The summed E-state index contributed by atoms with van der Waals surface area (Å²) in [5.41, 5.74) is -0.0836. The van der Waals surface area contributed by atoms with Gasteiger partial charge in [-0.15, -0.1) is 0 Å². The van der Waals surface area contributed by atoms with Crippen LogP contribution in [-0.2, 0) is 6.54 Å². The van der Waals surface area contributed by atoms with Crippen molar-refractivity contribution in [3.8, 4) is 0 Å². The van der Waals surface area contributed by atoms with E-state index in [4.69, 9.17) is 0 Å². The highest BCUT2D eigenvalue weighted by Gasteiger charge is 2.11. The topological polar surface area (TPSA) is 51.1 Å². The van der Waals surface area contributed by atoms with Crippen molar-refractivity contribution >= 4 is 21.8 Å². The summed E-state index contributed by atoms with van der Waals surface area (Å²) in [4.78, 5) is 23.3. The average Bonchev–Trinajstić information content (AvgIpc) is 2.21. The number of nitrogens with zero attached hydrogens (tertiary/aromatic N) is 1. The van der Waals surface area contributed by atoms with Gasteiger partial charge in [-0.1, -0.05) is 0 Å². The summed E-state index contributed by atoms with van der Waals surface area (Å²) in [5, 5.41) is 2.61. The van der Waals surface area contributed by atoms with Gasteiger partial charge in [0.25, 0.3) is 11.5 Å². The Morgan fingerprint density at radius 3 is 2.73 bits per heavy atom. The molecule has 0 fully saturated rings. The van der Waals surface area contributed by atoms with E-state index in [1.165, 1.54) is 4.57 Å². The normalized spacial score (nSPS) is 10.1. The van der Waals surface area contributed by atoms with Crippen LogP contribution >= 0.6 is 15.9 Å². The molecule has 0 radical (unpaired) electrons. The van der Waals surface area contributed by atoms with Gasteiger partial charge < -0.3 is 9.88 Å². The zero-order chi connectivity index (χ0) is 11.4. The fourth-order valence-corrected chi connectivity index (χ4v) is 1.73. The summed E-state index contributed by atoms with van der Waals surface area (Å²) in [6.45, 7) is 4.73. The summed E-state index contributed by atoms with van der Waals surface area (Å²) < 4.78 is 2.22. The quantitative estimate of drug-likeness (QED) is 0.904. The smallest absolute Gasteiger partial charge is 0.263 e. The van der Waals surface area contributed by atoms with Crippen LogP contribution in [0.15, 0.2) is 21.5 Å². The molecule has 1 heterocycles. The van der Waals surface area contributed by atoms with Gasteiger partial charge >= 0.3 is 0 Å². The lowest BCUT2D eigenvalue weighted by Gasteiger charge is -2.06. The van der Waals surface area contributed by atoms with Crippen molar-refractivity contribution in [3.63, 3.8) is 0 Å². The standard InChI is InChI=1S/C10H13BrN2O2/c1-3-12-9(14)8-5-7(11)6-13(4-2)10(8)15/h5-6H,3-4H2,1-2H3,(H,12,14). The van der Waals surface area contributed by atoms with Gasteiger partial charge in [0.15, 0.2) is 0 Å². The molecule has 1 aromatic heterocycles. The van der Waals surface area contributed by atoms with Crippen LogP contribution in [0.25, 0.3) is 0 Å². The number of carbonyl (C=O) groups excluding carboxylic acids is 1. The van der Waals surface area contributed by atoms with E-state index in [0.29, 0.717) is 13.1 Å². The van der Waals surface area contributed by atoms with Crippen molar-refractivity contribution in [2.24, 2.45) is 0 Å². The van der Waals surface area contributed by atoms with Crippen molar-refractivity contribution in [2.45, 2.75) is 20.4 Å². The number of aryl methyl sites for hydroxylation is 1. The van der Waals surface area contributed by atoms with Gasteiger partial charge in [0.05, 0.1) is 0 Å². The molecule has 0 aliphatic rings. The van der Waals surface area contributed by atoms with Crippen LogP contribution in [0.5, 0.6) is 0 Å². The molecule has 5 heteroatoms. The fourth-order valence-electron chi connectivity index (χ4n) is 1.25. The van der Waals surface area contributed by atoms with Crippen LogP contribution in [0.2, 0.25) is 0 Å².